The average molecular weight is 283 g/mol. The summed E-state index contributed by atoms with van der Waals surface area (Å²) in [6.45, 7) is 1.42. The summed E-state index contributed by atoms with van der Waals surface area (Å²) < 4.78 is 26.6. The van der Waals surface area contributed by atoms with Gasteiger partial charge in [0.25, 0.3) is 0 Å². The lowest BCUT2D eigenvalue weighted by Crippen LogP contribution is -2.45. The topological polar surface area (TPSA) is 57.6 Å². The molecule has 108 valence electrons. The Hall–Kier alpha value is -1.98. The maximum Gasteiger partial charge on any atom is 0.326 e. The molecule has 6 heteroatoms. The predicted octanol–water partition coefficient (Wildman–Crippen LogP) is 1.97. The molecule has 1 amide bonds. The standard InChI is InChI=1S/C14H15F2NO3/c1-8(14(19)20)17(10-5-6-10)12(18)7-9-3-2-4-11(15)13(9)16/h2-4,8,10H,5-7H2,1H3,(H,19,20). The Bertz CT molecular complexity index is 543. The van der Waals surface area contributed by atoms with Gasteiger partial charge in [-0.1, -0.05) is 12.1 Å². The molecule has 1 saturated carbocycles. The van der Waals surface area contributed by atoms with E-state index < -0.39 is 29.6 Å². The van der Waals surface area contributed by atoms with E-state index in [2.05, 4.69) is 0 Å². The molecule has 1 aliphatic rings. The number of aliphatic carboxylic acids is 1. The Balaban J connectivity index is 2.16. The van der Waals surface area contributed by atoms with Crippen LogP contribution in [-0.2, 0) is 16.0 Å². The molecule has 1 atom stereocenters. The fourth-order valence-corrected chi connectivity index (χ4v) is 2.15. The van der Waals surface area contributed by atoms with Crippen LogP contribution in [0.1, 0.15) is 25.3 Å². The van der Waals surface area contributed by atoms with E-state index >= 15 is 0 Å². The van der Waals surface area contributed by atoms with Crippen LogP contribution >= 0.6 is 0 Å². The summed E-state index contributed by atoms with van der Waals surface area (Å²) in [5, 5.41) is 9.01. The molecule has 0 bridgehead atoms. The lowest BCUT2D eigenvalue weighted by molar-refractivity contribution is -0.149. The van der Waals surface area contributed by atoms with Gasteiger partial charge in [-0.3, -0.25) is 4.79 Å². The van der Waals surface area contributed by atoms with Crippen molar-refractivity contribution in [2.45, 2.75) is 38.3 Å². The van der Waals surface area contributed by atoms with Crippen LogP contribution < -0.4 is 0 Å². The first kappa shape index (κ1) is 14.4. The van der Waals surface area contributed by atoms with Crippen LogP contribution in [0.5, 0.6) is 0 Å². The van der Waals surface area contributed by atoms with Crippen LogP contribution in [0.25, 0.3) is 0 Å². The van der Waals surface area contributed by atoms with Crippen molar-refractivity contribution in [3.8, 4) is 0 Å². The second-order valence-electron chi connectivity index (χ2n) is 4.94. The van der Waals surface area contributed by atoms with Crippen LogP contribution in [0.2, 0.25) is 0 Å². The highest BCUT2D eigenvalue weighted by Crippen LogP contribution is 2.29. The van der Waals surface area contributed by atoms with Gasteiger partial charge in [0, 0.05) is 11.6 Å². The molecule has 0 spiro atoms. The van der Waals surface area contributed by atoms with Crippen molar-refractivity contribution in [1.82, 2.24) is 4.90 Å². The highest BCUT2D eigenvalue weighted by molar-refractivity contribution is 5.85. The number of benzene rings is 1. The summed E-state index contributed by atoms with van der Waals surface area (Å²) in [7, 11) is 0. The highest BCUT2D eigenvalue weighted by Gasteiger charge is 2.38. The zero-order valence-electron chi connectivity index (χ0n) is 11.0. The fraction of sp³-hybridized carbons (Fsp3) is 0.429. The number of nitrogens with zero attached hydrogens (tertiary/aromatic N) is 1. The van der Waals surface area contributed by atoms with Crippen molar-refractivity contribution in [1.29, 1.82) is 0 Å². The molecule has 0 radical (unpaired) electrons. The van der Waals surface area contributed by atoms with Crippen molar-refractivity contribution in [3.63, 3.8) is 0 Å². The van der Waals surface area contributed by atoms with Crippen LogP contribution in [0, 0.1) is 11.6 Å². The number of carbonyl (C=O) groups is 2. The van der Waals surface area contributed by atoms with Crippen molar-refractivity contribution < 1.29 is 23.5 Å². The molecular formula is C14H15F2NO3. The molecule has 0 aliphatic heterocycles. The second kappa shape index (κ2) is 5.56. The minimum Gasteiger partial charge on any atom is -0.480 e. The third-order valence-electron chi connectivity index (χ3n) is 3.38. The van der Waals surface area contributed by atoms with E-state index in [4.69, 9.17) is 5.11 Å². The van der Waals surface area contributed by atoms with Gasteiger partial charge < -0.3 is 10.0 Å². The van der Waals surface area contributed by atoms with Gasteiger partial charge in [-0.05, 0) is 25.8 Å². The number of rotatable bonds is 5. The number of halogens is 2. The normalized spacial score (nSPS) is 15.8. The van der Waals surface area contributed by atoms with E-state index in [0.717, 1.165) is 18.9 Å². The molecule has 0 aromatic heterocycles. The SMILES string of the molecule is CC(C(=O)O)N(C(=O)Cc1cccc(F)c1F)C1CC1. The lowest BCUT2D eigenvalue weighted by atomic mass is 10.1. The minimum atomic E-state index is -1.11. The second-order valence-corrected chi connectivity index (χ2v) is 4.94. The van der Waals surface area contributed by atoms with Crippen molar-refractivity contribution in [3.05, 3.63) is 35.4 Å². The highest BCUT2D eigenvalue weighted by atomic mass is 19.2. The Kier molecular flexibility index (Phi) is 4.01. The summed E-state index contributed by atoms with van der Waals surface area (Å²) in [4.78, 5) is 24.5. The van der Waals surface area contributed by atoms with Crippen molar-refractivity contribution in [2.24, 2.45) is 0 Å². The van der Waals surface area contributed by atoms with Crippen molar-refractivity contribution in [2.75, 3.05) is 0 Å². The number of carboxylic acids is 1. The van der Waals surface area contributed by atoms with Gasteiger partial charge >= 0.3 is 5.97 Å². The average Bonchev–Trinajstić information content (AvgIpc) is 3.19. The first-order chi connectivity index (χ1) is 9.41. The Labute approximate surface area is 115 Å². The van der Waals surface area contributed by atoms with Gasteiger partial charge in [-0.25, -0.2) is 13.6 Å². The van der Waals surface area contributed by atoms with Crippen molar-refractivity contribution >= 4 is 11.9 Å². The number of amides is 1. The maximum atomic E-state index is 13.5. The van der Waals surface area contributed by atoms with Gasteiger partial charge in [-0.15, -0.1) is 0 Å². The molecule has 1 N–H and O–H groups in total. The molecular weight excluding hydrogens is 268 g/mol. The first-order valence-electron chi connectivity index (χ1n) is 6.38. The molecule has 4 nitrogen and oxygen atoms in total. The predicted molar refractivity (Wildman–Crippen MR) is 67.0 cm³/mol. The molecule has 0 heterocycles. The summed E-state index contributed by atoms with van der Waals surface area (Å²) in [6, 6.07) is 2.55. The zero-order chi connectivity index (χ0) is 14.9. The number of carboxylic acid groups (broad SMARTS) is 1. The number of carbonyl (C=O) groups excluding carboxylic acids is 1. The molecule has 1 fully saturated rings. The van der Waals surface area contributed by atoms with Gasteiger partial charge in [0.05, 0.1) is 6.42 Å². The fourth-order valence-electron chi connectivity index (χ4n) is 2.15. The van der Waals surface area contributed by atoms with E-state index in [0.29, 0.717) is 0 Å². The monoisotopic (exact) mass is 283 g/mol. The molecule has 1 aliphatic carbocycles. The molecule has 20 heavy (non-hydrogen) atoms. The van der Waals surface area contributed by atoms with Gasteiger partial charge in [0.2, 0.25) is 5.91 Å². The van der Waals surface area contributed by atoms with Gasteiger partial charge in [-0.2, -0.15) is 0 Å². The summed E-state index contributed by atoms with van der Waals surface area (Å²) in [5.74, 6) is -3.67. The maximum absolute atomic E-state index is 13.5. The molecule has 2 rings (SSSR count). The molecule has 1 unspecified atom stereocenters. The van der Waals surface area contributed by atoms with E-state index in [1.165, 1.54) is 24.0 Å². The quantitative estimate of drug-likeness (QED) is 0.899. The van der Waals surface area contributed by atoms with Crippen LogP contribution in [0.15, 0.2) is 18.2 Å². The van der Waals surface area contributed by atoms with E-state index in [1.54, 1.807) is 0 Å². The molecule has 1 aromatic carbocycles. The summed E-state index contributed by atoms with van der Waals surface area (Å²) >= 11 is 0. The zero-order valence-corrected chi connectivity index (χ0v) is 11.0. The third kappa shape index (κ3) is 2.95. The molecule has 1 aromatic rings. The molecule has 0 saturated heterocycles. The lowest BCUT2D eigenvalue weighted by Gasteiger charge is -2.26. The first-order valence-corrected chi connectivity index (χ1v) is 6.38. The van der Waals surface area contributed by atoms with E-state index in [1.807, 2.05) is 0 Å². The smallest absolute Gasteiger partial charge is 0.326 e. The number of hydrogen-bond acceptors (Lipinski definition) is 2. The third-order valence-corrected chi connectivity index (χ3v) is 3.38. The Morgan fingerprint density at radius 2 is 2.05 bits per heavy atom. The summed E-state index contributed by atoms with van der Waals surface area (Å²) in [6.07, 6.45) is 1.15. The van der Waals surface area contributed by atoms with Crippen LogP contribution in [0.3, 0.4) is 0 Å². The van der Waals surface area contributed by atoms with Crippen LogP contribution in [0.4, 0.5) is 8.78 Å². The number of hydrogen-bond donors (Lipinski definition) is 1. The Morgan fingerprint density at radius 1 is 1.40 bits per heavy atom. The van der Waals surface area contributed by atoms with Gasteiger partial charge in [0.15, 0.2) is 11.6 Å². The summed E-state index contributed by atoms with van der Waals surface area (Å²) in [5.41, 5.74) is -0.0572. The van der Waals surface area contributed by atoms with E-state index in [9.17, 15) is 18.4 Å². The van der Waals surface area contributed by atoms with Crippen LogP contribution in [-0.4, -0.2) is 34.0 Å². The largest absolute Gasteiger partial charge is 0.480 e. The minimum absolute atomic E-state index is 0.0572. The van der Waals surface area contributed by atoms with E-state index in [-0.39, 0.29) is 18.0 Å². The Morgan fingerprint density at radius 3 is 2.60 bits per heavy atom. The van der Waals surface area contributed by atoms with Gasteiger partial charge in [0.1, 0.15) is 6.04 Å².